The summed E-state index contributed by atoms with van der Waals surface area (Å²) in [5.74, 6) is -0.121. The molecule has 2 aliphatic heterocycles. The number of benzene rings is 1. The van der Waals surface area contributed by atoms with Gasteiger partial charge in [-0.1, -0.05) is 30.3 Å². The number of hydrogen-bond donors (Lipinski definition) is 2. The SMILES string of the molecule is O=C1CCC(CCC(=O)NC2COCCC2OCc2ccccc2)=NN1. The number of hydrazone groups is 1. The number of nitrogens with zero attached hydrogens (tertiary/aromatic N) is 1. The zero-order valence-electron chi connectivity index (χ0n) is 14.8. The van der Waals surface area contributed by atoms with E-state index in [-0.39, 0.29) is 24.0 Å². The third kappa shape index (κ3) is 5.64. The van der Waals surface area contributed by atoms with Crippen LogP contribution >= 0.6 is 0 Å². The zero-order chi connectivity index (χ0) is 18.2. The molecule has 2 atom stereocenters. The van der Waals surface area contributed by atoms with Crippen LogP contribution in [0.3, 0.4) is 0 Å². The highest BCUT2D eigenvalue weighted by molar-refractivity contribution is 5.94. The van der Waals surface area contributed by atoms with Crippen LogP contribution in [0.25, 0.3) is 0 Å². The Kier molecular flexibility index (Phi) is 6.74. The maximum atomic E-state index is 12.3. The maximum Gasteiger partial charge on any atom is 0.240 e. The summed E-state index contributed by atoms with van der Waals surface area (Å²) in [6.45, 7) is 1.62. The molecule has 2 heterocycles. The molecule has 0 aromatic heterocycles. The minimum Gasteiger partial charge on any atom is -0.379 e. The molecule has 7 nitrogen and oxygen atoms in total. The van der Waals surface area contributed by atoms with Gasteiger partial charge < -0.3 is 14.8 Å². The number of nitrogens with one attached hydrogen (secondary N) is 2. The molecule has 2 aliphatic rings. The summed E-state index contributed by atoms with van der Waals surface area (Å²) < 4.78 is 11.5. The third-order valence-electron chi connectivity index (χ3n) is 4.57. The average molecular weight is 359 g/mol. The van der Waals surface area contributed by atoms with E-state index in [9.17, 15) is 9.59 Å². The van der Waals surface area contributed by atoms with Gasteiger partial charge >= 0.3 is 0 Å². The van der Waals surface area contributed by atoms with Crippen LogP contribution in [-0.2, 0) is 25.7 Å². The van der Waals surface area contributed by atoms with Gasteiger partial charge in [0.1, 0.15) is 0 Å². The molecule has 1 fully saturated rings. The molecule has 140 valence electrons. The van der Waals surface area contributed by atoms with E-state index in [0.29, 0.717) is 45.5 Å². The Hall–Kier alpha value is -2.25. The van der Waals surface area contributed by atoms with Gasteiger partial charge in [0.05, 0.1) is 25.4 Å². The van der Waals surface area contributed by atoms with Gasteiger partial charge in [-0.15, -0.1) is 0 Å². The topological polar surface area (TPSA) is 89.0 Å². The first-order valence-corrected chi connectivity index (χ1v) is 9.07. The van der Waals surface area contributed by atoms with Gasteiger partial charge in [-0.3, -0.25) is 9.59 Å². The monoisotopic (exact) mass is 359 g/mol. The van der Waals surface area contributed by atoms with Crippen molar-refractivity contribution in [2.45, 2.75) is 50.9 Å². The first kappa shape index (κ1) is 18.5. The molecule has 0 radical (unpaired) electrons. The Labute approximate surface area is 153 Å². The van der Waals surface area contributed by atoms with Crippen LogP contribution in [0.1, 0.15) is 37.7 Å². The lowest BCUT2D eigenvalue weighted by Crippen LogP contribution is -2.50. The molecule has 2 amide bonds. The third-order valence-corrected chi connectivity index (χ3v) is 4.57. The van der Waals surface area contributed by atoms with Gasteiger partial charge in [0, 0.05) is 25.2 Å². The summed E-state index contributed by atoms with van der Waals surface area (Å²) in [5, 5.41) is 7.02. The standard InChI is InChI=1S/C19H25N3O4/c23-18(8-6-15-7-9-19(24)22-21-15)20-16-13-25-11-10-17(16)26-12-14-4-2-1-3-5-14/h1-5,16-17H,6-13H2,(H,20,23)(H,22,24). The summed E-state index contributed by atoms with van der Waals surface area (Å²) in [5.41, 5.74) is 4.42. The highest BCUT2D eigenvalue weighted by Gasteiger charge is 2.28. The lowest BCUT2D eigenvalue weighted by atomic mass is 10.0. The van der Waals surface area contributed by atoms with E-state index in [1.54, 1.807) is 0 Å². The fourth-order valence-electron chi connectivity index (χ4n) is 3.06. The first-order chi connectivity index (χ1) is 12.7. The van der Waals surface area contributed by atoms with Crippen molar-refractivity contribution in [3.8, 4) is 0 Å². The summed E-state index contributed by atoms with van der Waals surface area (Å²) in [7, 11) is 0. The molecule has 0 aliphatic carbocycles. The minimum atomic E-state index is -0.145. The Balaban J connectivity index is 1.45. The molecule has 0 spiro atoms. The van der Waals surface area contributed by atoms with Crippen LogP contribution in [0.15, 0.2) is 35.4 Å². The van der Waals surface area contributed by atoms with Crippen LogP contribution in [0, 0.1) is 0 Å². The van der Waals surface area contributed by atoms with Crippen molar-refractivity contribution in [3.63, 3.8) is 0 Å². The van der Waals surface area contributed by atoms with Gasteiger partial charge in [0.25, 0.3) is 0 Å². The minimum absolute atomic E-state index is 0.0478. The summed E-state index contributed by atoms with van der Waals surface area (Å²) in [6, 6.07) is 9.85. The summed E-state index contributed by atoms with van der Waals surface area (Å²) in [4.78, 5) is 23.4. The van der Waals surface area contributed by atoms with Crippen LogP contribution in [0.2, 0.25) is 0 Å². The highest BCUT2D eigenvalue weighted by Crippen LogP contribution is 2.15. The molecular formula is C19H25N3O4. The van der Waals surface area contributed by atoms with Crippen LogP contribution < -0.4 is 10.7 Å². The van der Waals surface area contributed by atoms with E-state index < -0.39 is 0 Å². The van der Waals surface area contributed by atoms with Crippen LogP contribution in [0.4, 0.5) is 0 Å². The Morgan fingerprint density at radius 2 is 2.15 bits per heavy atom. The molecule has 1 aromatic carbocycles. The molecular weight excluding hydrogens is 334 g/mol. The van der Waals surface area contributed by atoms with Gasteiger partial charge in [0.2, 0.25) is 11.8 Å². The van der Waals surface area contributed by atoms with Gasteiger partial charge in [0.15, 0.2) is 0 Å². The zero-order valence-corrected chi connectivity index (χ0v) is 14.8. The fourth-order valence-corrected chi connectivity index (χ4v) is 3.06. The van der Waals surface area contributed by atoms with Crippen LogP contribution in [0.5, 0.6) is 0 Å². The molecule has 26 heavy (non-hydrogen) atoms. The lowest BCUT2D eigenvalue weighted by molar-refractivity contribution is -0.126. The van der Waals surface area contributed by atoms with Crippen molar-refractivity contribution in [2.75, 3.05) is 13.2 Å². The number of carbonyl (C=O) groups excluding carboxylic acids is 2. The highest BCUT2D eigenvalue weighted by atomic mass is 16.5. The number of amides is 2. The van der Waals surface area contributed by atoms with Gasteiger partial charge in [-0.2, -0.15) is 5.10 Å². The normalized spacial score (nSPS) is 23.1. The predicted molar refractivity (Wildman–Crippen MR) is 96.4 cm³/mol. The van der Waals surface area contributed by atoms with E-state index in [0.717, 1.165) is 17.7 Å². The molecule has 3 rings (SSSR count). The molecule has 1 aromatic rings. The summed E-state index contributed by atoms with van der Waals surface area (Å²) >= 11 is 0. The second-order valence-corrected chi connectivity index (χ2v) is 6.59. The Bertz CT molecular complexity index is 647. The second kappa shape index (κ2) is 9.45. The van der Waals surface area contributed by atoms with Crippen LogP contribution in [-0.4, -0.2) is 42.9 Å². The van der Waals surface area contributed by atoms with E-state index in [1.165, 1.54) is 0 Å². The quantitative estimate of drug-likeness (QED) is 0.773. The second-order valence-electron chi connectivity index (χ2n) is 6.59. The van der Waals surface area contributed by atoms with Crippen molar-refractivity contribution >= 4 is 17.5 Å². The van der Waals surface area contributed by atoms with Crippen molar-refractivity contribution in [1.29, 1.82) is 0 Å². The lowest BCUT2D eigenvalue weighted by Gasteiger charge is -2.32. The predicted octanol–water partition coefficient (Wildman–Crippen LogP) is 1.52. The van der Waals surface area contributed by atoms with Crippen molar-refractivity contribution < 1.29 is 19.1 Å². The van der Waals surface area contributed by atoms with Crippen molar-refractivity contribution in [2.24, 2.45) is 5.10 Å². The average Bonchev–Trinajstić information content (AvgIpc) is 2.68. The number of ether oxygens (including phenoxy) is 2. The van der Waals surface area contributed by atoms with Gasteiger partial charge in [-0.05, 0) is 24.8 Å². The van der Waals surface area contributed by atoms with E-state index in [2.05, 4.69) is 15.8 Å². The molecule has 7 heteroatoms. The number of carbonyl (C=O) groups is 2. The van der Waals surface area contributed by atoms with Crippen molar-refractivity contribution in [3.05, 3.63) is 35.9 Å². The van der Waals surface area contributed by atoms with E-state index in [4.69, 9.17) is 9.47 Å². The van der Waals surface area contributed by atoms with E-state index in [1.807, 2.05) is 30.3 Å². The molecule has 0 saturated carbocycles. The maximum absolute atomic E-state index is 12.3. The molecule has 1 saturated heterocycles. The molecule has 2 unspecified atom stereocenters. The molecule has 2 N–H and O–H groups in total. The number of hydrogen-bond acceptors (Lipinski definition) is 5. The first-order valence-electron chi connectivity index (χ1n) is 9.07. The van der Waals surface area contributed by atoms with E-state index >= 15 is 0 Å². The molecule has 0 bridgehead atoms. The van der Waals surface area contributed by atoms with Crippen molar-refractivity contribution in [1.82, 2.24) is 10.7 Å². The van der Waals surface area contributed by atoms with Gasteiger partial charge in [-0.25, -0.2) is 5.43 Å². The Morgan fingerprint density at radius 1 is 1.31 bits per heavy atom. The Morgan fingerprint density at radius 3 is 2.92 bits per heavy atom. The fraction of sp³-hybridized carbons (Fsp3) is 0.526. The number of rotatable bonds is 7. The smallest absolute Gasteiger partial charge is 0.240 e. The summed E-state index contributed by atoms with van der Waals surface area (Å²) in [6.07, 6.45) is 2.66. The largest absolute Gasteiger partial charge is 0.379 e.